The zero-order valence-corrected chi connectivity index (χ0v) is 13.2. The van der Waals surface area contributed by atoms with E-state index in [-0.39, 0.29) is 0 Å². The summed E-state index contributed by atoms with van der Waals surface area (Å²) in [4.78, 5) is 0. The van der Waals surface area contributed by atoms with Crippen molar-refractivity contribution in [1.29, 1.82) is 0 Å². The summed E-state index contributed by atoms with van der Waals surface area (Å²) in [5, 5.41) is 0. The lowest BCUT2D eigenvalue weighted by molar-refractivity contribution is 0.467. The van der Waals surface area contributed by atoms with Crippen molar-refractivity contribution in [2.24, 2.45) is 5.92 Å². The summed E-state index contributed by atoms with van der Waals surface area (Å²) in [5.41, 5.74) is 1.37. The van der Waals surface area contributed by atoms with E-state index in [1.54, 1.807) is 0 Å². The van der Waals surface area contributed by atoms with Gasteiger partial charge in [-0.25, -0.2) is 0 Å². The van der Waals surface area contributed by atoms with Gasteiger partial charge in [-0.1, -0.05) is 63.4 Å². The van der Waals surface area contributed by atoms with Crippen LogP contribution in [0.25, 0.3) is 0 Å². The zero-order valence-electron chi connectivity index (χ0n) is 13.2. The summed E-state index contributed by atoms with van der Waals surface area (Å²) < 4.78 is 5.88. The van der Waals surface area contributed by atoms with Crippen LogP contribution in [-0.2, 0) is 6.42 Å². The monoisotopic (exact) mass is 282 g/mol. The van der Waals surface area contributed by atoms with Crippen LogP contribution < -0.4 is 4.74 Å². The van der Waals surface area contributed by atoms with Crippen molar-refractivity contribution in [1.82, 2.24) is 0 Å². The molecule has 0 aliphatic rings. The maximum absolute atomic E-state index is 5.88. The molecule has 0 bridgehead atoms. The second-order valence-electron chi connectivity index (χ2n) is 5.85. The van der Waals surface area contributed by atoms with Crippen molar-refractivity contribution >= 4 is 0 Å². The van der Waals surface area contributed by atoms with E-state index in [4.69, 9.17) is 4.74 Å². The molecule has 0 radical (unpaired) electrons. The van der Waals surface area contributed by atoms with E-state index in [1.807, 2.05) is 36.4 Å². The van der Waals surface area contributed by atoms with Gasteiger partial charge < -0.3 is 4.74 Å². The minimum atomic E-state index is 0.846. The lowest BCUT2D eigenvalue weighted by Gasteiger charge is -2.10. The fourth-order valence-corrected chi connectivity index (χ4v) is 2.68. The summed E-state index contributed by atoms with van der Waals surface area (Å²) in [5.74, 6) is 2.67. The molecule has 2 aromatic carbocycles. The molecule has 0 N–H and O–H groups in total. The molecule has 0 spiro atoms. The van der Waals surface area contributed by atoms with Crippen LogP contribution in [0.4, 0.5) is 0 Å². The standard InChI is InChI=1S/C20H26O/c1-3-9-17(2)10-7-11-18-12-8-15-20(16-18)21-19-13-5-4-6-14-19/h4-6,8,12-17H,3,7,9-11H2,1-2H3. The summed E-state index contributed by atoms with van der Waals surface area (Å²) >= 11 is 0. The average molecular weight is 282 g/mol. The highest BCUT2D eigenvalue weighted by molar-refractivity contribution is 5.33. The molecule has 21 heavy (non-hydrogen) atoms. The van der Waals surface area contributed by atoms with Crippen LogP contribution >= 0.6 is 0 Å². The number of hydrogen-bond acceptors (Lipinski definition) is 1. The quantitative estimate of drug-likeness (QED) is 0.557. The predicted octanol–water partition coefficient (Wildman–Crippen LogP) is 6.24. The molecule has 0 amide bonds. The first kappa shape index (κ1) is 15.6. The minimum absolute atomic E-state index is 0.846. The van der Waals surface area contributed by atoms with Gasteiger partial charge in [-0.2, -0.15) is 0 Å². The maximum atomic E-state index is 5.88. The molecule has 0 aliphatic heterocycles. The second kappa shape index (κ2) is 8.51. The Morgan fingerprint density at radius 3 is 2.43 bits per heavy atom. The van der Waals surface area contributed by atoms with Crippen LogP contribution in [-0.4, -0.2) is 0 Å². The Morgan fingerprint density at radius 2 is 1.67 bits per heavy atom. The zero-order chi connectivity index (χ0) is 14.9. The van der Waals surface area contributed by atoms with Crippen LogP contribution in [0.1, 0.15) is 45.1 Å². The molecule has 0 fully saturated rings. The molecule has 0 heterocycles. The molecule has 1 atom stereocenters. The van der Waals surface area contributed by atoms with Gasteiger partial charge in [0.15, 0.2) is 0 Å². The van der Waals surface area contributed by atoms with Gasteiger partial charge in [0.1, 0.15) is 11.5 Å². The smallest absolute Gasteiger partial charge is 0.127 e. The topological polar surface area (TPSA) is 9.23 Å². The molecule has 2 rings (SSSR count). The van der Waals surface area contributed by atoms with Gasteiger partial charge in [-0.15, -0.1) is 0 Å². The first-order valence-corrected chi connectivity index (χ1v) is 8.09. The van der Waals surface area contributed by atoms with Gasteiger partial charge in [-0.05, 0) is 48.6 Å². The highest BCUT2D eigenvalue weighted by Crippen LogP contribution is 2.23. The van der Waals surface area contributed by atoms with Crippen molar-refractivity contribution < 1.29 is 4.74 Å². The van der Waals surface area contributed by atoms with Gasteiger partial charge in [0, 0.05) is 0 Å². The van der Waals surface area contributed by atoms with E-state index in [0.29, 0.717) is 0 Å². The van der Waals surface area contributed by atoms with Crippen molar-refractivity contribution in [3.05, 3.63) is 60.2 Å². The molecule has 1 nitrogen and oxygen atoms in total. The Bertz CT molecular complexity index is 518. The number of benzene rings is 2. The summed E-state index contributed by atoms with van der Waals surface area (Å²) in [6.07, 6.45) is 6.35. The Morgan fingerprint density at radius 1 is 0.905 bits per heavy atom. The summed E-state index contributed by atoms with van der Waals surface area (Å²) in [6, 6.07) is 18.4. The van der Waals surface area contributed by atoms with Gasteiger partial charge in [0.25, 0.3) is 0 Å². The highest BCUT2D eigenvalue weighted by atomic mass is 16.5. The summed E-state index contributed by atoms with van der Waals surface area (Å²) in [7, 11) is 0. The molecule has 0 aliphatic carbocycles. The van der Waals surface area contributed by atoms with E-state index < -0.39 is 0 Å². The van der Waals surface area contributed by atoms with Crippen LogP contribution in [0.2, 0.25) is 0 Å². The number of hydrogen-bond donors (Lipinski definition) is 0. The highest BCUT2D eigenvalue weighted by Gasteiger charge is 2.02. The third-order valence-corrected chi connectivity index (χ3v) is 3.82. The Labute approximate surface area is 129 Å². The molecule has 1 unspecified atom stereocenters. The molecular weight excluding hydrogens is 256 g/mol. The number of ether oxygens (including phenoxy) is 1. The first-order valence-electron chi connectivity index (χ1n) is 8.09. The van der Waals surface area contributed by atoms with Crippen LogP contribution in [0.3, 0.4) is 0 Å². The molecule has 1 heteroatoms. The van der Waals surface area contributed by atoms with E-state index in [2.05, 4.69) is 32.0 Å². The van der Waals surface area contributed by atoms with Crippen LogP contribution in [0.5, 0.6) is 11.5 Å². The molecule has 112 valence electrons. The molecule has 0 aromatic heterocycles. The molecular formula is C20H26O. The second-order valence-corrected chi connectivity index (χ2v) is 5.85. The van der Waals surface area contributed by atoms with Crippen LogP contribution in [0.15, 0.2) is 54.6 Å². The van der Waals surface area contributed by atoms with E-state index >= 15 is 0 Å². The van der Waals surface area contributed by atoms with Crippen molar-refractivity contribution in [3.8, 4) is 11.5 Å². The first-order chi connectivity index (χ1) is 10.3. The molecule has 2 aromatic rings. The number of aryl methyl sites for hydroxylation is 1. The Kier molecular flexibility index (Phi) is 6.33. The SMILES string of the molecule is CCCC(C)CCCc1cccc(Oc2ccccc2)c1. The van der Waals surface area contributed by atoms with Gasteiger partial charge in [-0.3, -0.25) is 0 Å². The Balaban J connectivity index is 1.86. The van der Waals surface area contributed by atoms with Crippen molar-refractivity contribution in [3.63, 3.8) is 0 Å². The van der Waals surface area contributed by atoms with E-state index in [0.717, 1.165) is 23.8 Å². The normalized spacial score (nSPS) is 12.1. The van der Waals surface area contributed by atoms with E-state index in [1.165, 1.54) is 31.2 Å². The minimum Gasteiger partial charge on any atom is -0.457 e. The lowest BCUT2D eigenvalue weighted by Crippen LogP contribution is -1.95. The van der Waals surface area contributed by atoms with Crippen molar-refractivity contribution in [2.75, 3.05) is 0 Å². The third kappa shape index (κ3) is 5.63. The molecule has 0 saturated carbocycles. The number of para-hydroxylation sites is 1. The third-order valence-electron chi connectivity index (χ3n) is 3.82. The molecule has 0 saturated heterocycles. The van der Waals surface area contributed by atoms with Gasteiger partial charge in [0.05, 0.1) is 0 Å². The van der Waals surface area contributed by atoms with Crippen molar-refractivity contribution in [2.45, 2.75) is 46.0 Å². The predicted molar refractivity (Wildman–Crippen MR) is 90.0 cm³/mol. The van der Waals surface area contributed by atoms with Gasteiger partial charge >= 0.3 is 0 Å². The van der Waals surface area contributed by atoms with E-state index in [9.17, 15) is 0 Å². The number of rotatable bonds is 8. The summed E-state index contributed by atoms with van der Waals surface area (Å²) in [6.45, 7) is 4.62. The fourth-order valence-electron chi connectivity index (χ4n) is 2.68. The van der Waals surface area contributed by atoms with Crippen LogP contribution in [0, 0.1) is 5.92 Å². The maximum Gasteiger partial charge on any atom is 0.127 e. The fraction of sp³-hybridized carbons (Fsp3) is 0.400. The largest absolute Gasteiger partial charge is 0.457 e. The Hall–Kier alpha value is -1.76. The van der Waals surface area contributed by atoms with Gasteiger partial charge in [0.2, 0.25) is 0 Å². The lowest BCUT2D eigenvalue weighted by atomic mass is 9.97. The average Bonchev–Trinajstić information content (AvgIpc) is 2.49.